The third-order valence-electron chi connectivity index (χ3n) is 6.42. The van der Waals surface area contributed by atoms with Crippen LogP contribution in [0.25, 0.3) is 0 Å². The minimum atomic E-state index is -4.11. The number of nitrogens with zero attached hydrogens (tertiary/aromatic N) is 2. The largest absolute Gasteiger partial charge is 0.354 e. The number of carbonyl (C=O) groups excluding carboxylic acids is 2. The number of carbonyl (C=O) groups is 2. The Balaban J connectivity index is 1.95. The van der Waals surface area contributed by atoms with Crippen molar-refractivity contribution in [3.05, 3.63) is 95.5 Å². The van der Waals surface area contributed by atoms with Gasteiger partial charge in [-0.1, -0.05) is 80.4 Å². The fourth-order valence-electron chi connectivity index (χ4n) is 4.26. The molecule has 0 spiro atoms. The molecule has 39 heavy (non-hydrogen) atoms. The average Bonchev–Trinajstić information content (AvgIpc) is 2.95. The van der Waals surface area contributed by atoms with Crippen molar-refractivity contribution in [1.82, 2.24) is 10.2 Å². The van der Waals surface area contributed by atoms with Gasteiger partial charge in [0.1, 0.15) is 12.6 Å². The molecule has 1 atom stereocenters. The van der Waals surface area contributed by atoms with E-state index in [9.17, 15) is 18.0 Å². The van der Waals surface area contributed by atoms with Crippen molar-refractivity contribution in [3.63, 3.8) is 0 Å². The van der Waals surface area contributed by atoms with Crippen molar-refractivity contribution in [3.8, 4) is 0 Å². The van der Waals surface area contributed by atoms with Crippen LogP contribution in [0.3, 0.4) is 0 Å². The van der Waals surface area contributed by atoms with Crippen LogP contribution >= 0.6 is 11.6 Å². The lowest BCUT2D eigenvalue weighted by atomic mass is 10.1. The first-order chi connectivity index (χ1) is 18.8. The highest BCUT2D eigenvalue weighted by molar-refractivity contribution is 7.92. The van der Waals surface area contributed by atoms with E-state index in [4.69, 9.17) is 11.6 Å². The molecule has 0 bridgehead atoms. The van der Waals surface area contributed by atoms with Crippen LogP contribution in [0, 0.1) is 0 Å². The summed E-state index contributed by atoms with van der Waals surface area (Å²) in [5.41, 5.74) is 1.37. The van der Waals surface area contributed by atoms with Gasteiger partial charge in [-0.15, -0.1) is 0 Å². The molecule has 0 aromatic heterocycles. The second-order valence-corrected chi connectivity index (χ2v) is 11.5. The van der Waals surface area contributed by atoms with Gasteiger partial charge in [0.05, 0.1) is 10.6 Å². The van der Waals surface area contributed by atoms with Gasteiger partial charge in [-0.05, 0) is 61.2 Å². The molecule has 0 unspecified atom stereocenters. The number of para-hydroxylation sites is 1. The fraction of sp³-hybridized carbons (Fsp3) is 0.333. The van der Waals surface area contributed by atoms with Crippen molar-refractivity contribution in [2.24, 2.45) is 0 Å². The number of hydrogen-bond donors (Lipinski definition) is 1. The van der Waals surface area contributed by atoms with Crippen LogP contribution in [0.5, 0.6) is 0 Å². The third kappa shape index (κ3) is 8.31. The molecule has 0 aliphatic heterocycles. The number of amides is 2. The lowest BCUT2D eigenvalue weighted by Crippen LogP contribution is -2.53. The number of rotatable bonds is 14. The lowest BCUT2D eigenvalue weighted by molar-refractivity contribution is -0.139. The van der Waals surface area contributed by atoms with Gasteiger partial charge in [0.25, 0.3) is 10.0 Å². The van der Waals surface area contributed by atoms with Gasteiger partial charge < -0.3 is 10.2 Å². The second-order valence-electron chi connectivity index (χ2n) is 9.19. The molecule has 208 valence electrons. The molecule has 7 nitrogen and oxygen atoms in total. The highest BCUT2D eigenvalue weighted by Crippen LogP contribution is 2.25. The summed E-state index contributed by atoms with van der Waals surface area (Å²) in [6, 6.07) is 23.3. The Hall–Kier alpha value is -3.36. The van der Waals surface area contributed by atoms with E-state index in [0.29, 0.717) is 30.1 Å². The average molecular weight is 570 g/mol. The number of unbranched alkanes of at least 4 members (excludes halogenated alkanes) is 1. The number of sulfonamides is 1. The van der Waals surface area contributed by atoms with Crippen LogP contribution in [0.15, 0.2) is 89.8 Å². The molecule has 9 heteroatoms. The summed E-state index contributed by atoms with van der Waals surface area (Å²) >= 11 is 5.99. The molecule has 2 amide bonds. The zero-order chi connectivity index (χ0) is 28.3. The molecule has 3 rings (SSSR count). The molecular weight excluding hydrogens is 534 g/mol. The van der Waals surface area contributed by atoms with Crippen LogP contribution in [-0.4, -0.2) is 50.8 Å². The Morgan fingerprint density at radius 1 is 0.897 bits per heavy atom. The molecular formula is C30H36ClN3O4S. The minimum absolute atomic E-state index is 0.0174. The first kappa shape index (κ1) is 30.2. The first-order valence-corrected chi connectivity index (χ1v) is 15.0. The highest BCUT2D eigenvalue weighted by Gasteiger charge is 2.33. The number of benzene rings is 3. The zero-order valence-corrected chi connectivity index (χ0v) is 24.0. The van der Waals surface area contributed by atoms with Crippen molar-refractivity contribution in [1.29, 1.82) is 0 Å². The molecule has 0 saturated carbocycles. The summed E-state index contributed by atoms with van der Waals surface area (Å²) in [6.07, 6.45) is 2.69. The predicted octanol–water partition coefficient (Wildman–Crippen LogP) is 5.30. The quantitative estimate of drug-likeness (QED) is 0.267. The summed E-state index contributed by atoms with van der Waals surface area (Å²) in [4.78, 5) is 28.6. The molecule has 1 N–H and O–H groups in total. The summed E-state index contributed by atoms with van der Waals surface area (Å²) in [7, 11) is -4.11. The summed E-state index contributed by atoms with van der Waals surface area (Å²) in [6.45, 7) is 4.23. The monoisotopic (exact) mass is 569 g/mol. The van der Waals surface area contributed by atoms with E-state index in [2.05, 4.69) is 5.32 Å². The van der Waals surface area contributed by atoms with Crippen LogP contribution in [0.1, 0.15) is 38.7 Å². The Morgan fingerprint density at radius 2 is 1.51 bits per heavy atom. The number of hydrogen-bond acceptors (Lipinski definition) is 4. The topological polar surface area (TPSA) is 86.8 Å². The molecule has 0 aliphatic carbocycles. The second kappa shape index (κ2) is 14.7. The van der Waals surface area contributed by atoms with Gasteiger partial charge in [0, 0.05) is 18.1 Å². The predicted molar refractivity (Wildman–Crippen MR) is 156 cm³/mol. The van der Waals surface area contributed by atoms with Gasteiger partial charge in [-0.3, -0.25) is 13.9 Å². The molecule has 0 heterocycles. The number of anilines is 1. The maximum atomic E-state index is 13.9. The SMILES string of the molecule is CCCCNC(=O)[C@H](CC)N(CCc1ccccc1)C(=O)CN(c1ccccc1)S(=O)(=O)c1ccc(Cl)cc1. The third-order valence-corrected chi connectivity index (χ3v) is 8.46. The maximum absolute atomic E-state index is 13.9. The van der Waals surface area contributed by atoms with E-state index < -0.39 is 28.5 Å². The zero-order valence-electron chi connectivity index (χ0n) is 22.4. The van der Waals surface area contributed by atoms with E-state index in [-0.39, 0.29) is 17.3 Å². The maximum Gasteiger partial charge on any atom is 0.264 e. The molecule has 0 aliphatic rings. The molecule has 0 saturated heterocycles. The standard InChI is InChI=1S/C30H36ClN3O4S/c1-3-5-21-32-30(36)28(4-2)33(22-20-24-12-8-6-9-13-24)29(35)23-34(26-14-10-7-11-15-26)39(37,38)27-18-16-25(31)17-19-27/h6-19,28H,3-5,20-23H2,1-2H3,(H,32,36)/t28-/m0/s1. The number of halogens is 1. The molecule has 0 fully saturated rings. The van der Waals surface area contributed by atoms with E-state index in [1.54, 1.807) is 30.3 Å². The minimum Gasteiger partial charge on any atom is -0.354 e. The summed E-state index contributed by atoms with van der Waals surface area (Å²) < 4.78 is 28.6. The van der Waals surface area contributed by atoms with Crippen molar-refractivity contribution < 1.29 is 18.0 Å². The van der Waals surface area contributed by atoms with Gasteiger partial charge in [0.2, 0.25) is 11.8 Å². The Labute approximate surface area is 236 Å². The van der Waals surface area contributed by atoms with Gasteiger partial charge >= 0.3 is 0 Å². The van der Waals surface area contributed by atoms with Gasteiger partial charge in [-0.2, -0.15) is 0 Å². The molecule has 0 radical (unpaired) electrons. The Morgan fingerprint density at radius 3 is 2.10 bits per heavy atom. The van der Waals surface area contributed by atoms with E-state index in [0.717, 1.165) is 22.7 Å². The summed E-state index contributed by atoms with van der Waals surface area (Å²) in [5.74, 6) is -0.691. The van der Waals surface area contributed by atoms with Crippen LogP contribution in [-0.2, 0) is 26.0 Å². The highest BCUT2D eigenvalue weighted by atomic mass is 35.5. The van der Waals surface area contributed by atoms with Crippen LogP contribution < -0.4 is 9.62 Å². The molecule has 3 aromatic carbocycles. The number of nitrogens with one attached hydrogen (secondary N) is 1. The Kier molecular flexibility index (Phi) is 11.4. The van der Waals surface area contributed by atoms with Crippen molar-refractivity contribution in [2.75, 3.05) is 23.9 Å². The normalized spacial score (nSPS) is 12.0. The van der Waals surface area contributed by atoms with Crippen molar-refractivity contribution >= 4 is 39.1 Å². The van der Waals surface area contributed by atoms with Crippen molar-refractivity contribution in [2.45, 2.75) is 50.5 Å². The van der Waals surface area contributed by atoms with Crippen LogP contribution in [0.2, 0.25) is 5.02 Å². The van der Waals surface area contributed by atoms with E-state index in [1.807, 2.05) is 44.2 Å². The Bertz CT molecular complexity index is 1300. The smallest absolute Gasteiger partial charge is 0.264 e. The first-order valence-electron chi connectivity index (χ1n) is 13.2. The van der Waals surface area contributed by atoms with Gasteiger partial charge in [0.15, 0.2) is 0 Å². The fourth-order valence-corrected chi connectivity index (χ4v) is 5.80. The molecule has 3 aromatic rings. The van der Waals surface area contributed by atoms with Crippen LogP contribution in [0.4, 0.5) is 5.69 Å². The van der Waals surface area contributed by atoms with E-state index >= 15 is 0 Å². The van der Waals surface area contributed by atoms with E-state index in [1.165, 1.54) is 29.2 Å². The van der Waals surface area contributed by atoms with Gasteiger partial charge in [-0.25, -0.2) is 8.42 Å². The summed E-state index contributed by atoms with van der Waals surface area (Å²) in [5, 5.41) is 3.34. The lowest BCUT2D eigenvalue weighted by Gasteiger charge is -2.33.